The number of rotatable bonds is 8. The van der Waals surface area contributed by atoms with Gasteiger partial charge in [0.15, 0.2) is 0 Å². The molecule has 36 heavy (non-hydrogen) atoms. The Morgan fingerprint density at radius 2 is 1.72 bits per heavy atom. The molecule has 2 aliphatic rings. The molecule has 0 bridgehead atoms. The average molecular weight is 512 g/mol. The van der Waals surface area contributed by atoms with Crippen molar-refractivity contribution >= 4 is 27.7 Å². The Labute approximate surface area is 212 Å². The molecular formula is C27H33N3O5S. The number of hydrogen-bond acceptors (Lipinski definition) is 5. The minimum atomic E-state index is -4.14. The smallest absolute Gasteiger partial charge is 0.269 e. The van der Waals surface area contributed by atoms with Crippen LogP contribution in [0.1, 0.15) is 66.9 Å². The van der Waals surface area contributed by atoms with Crippen molar-refractivity contribution in [1.29, 1.82) is 0 Å². The molecule has 0 aromatic heterocycles. The van der Waals surface area contributed by atoms with Gasteiger partial charge in [0.2, 0.25) is 11.8 Å². The maximum absolute atomic E-state index is 13.6. The molecule has 1 heterocycles. The van der Waals surface area contributed by atoms with E-state index >= 15 is 0 Å². The molecule has 4 rings (SSSR count). The van der Waals surface area contributed by atoms with Gasteiger partial charge in [0, 0.05) is 12.6 Å². The second kappa shape index (κ2) is 10.8. The van der Waals surface area contributed by atoms with Gasteiger partial charge in [0.25, 0.3) is 15.9 Å². The van der Waals surface area contributed by atoms with Crippen LogP contribution in [0, 0.1) is 6.92 Å². The van der Waals surface area contributed by atoms with Crippen LogP contribution in [0.3, 0.4) is 0 Å². The number of nitrogens with one attached hydrogen (secondary N) is 1. The monoisotopic (exact) mass is 511 g/mol. The summed E-state index contributed by atoms with van der Waals surface area (Å²) in [6, 6.07) is 12.8. The lowest BCUT2D eigenvalue weighted by molar-refractivity contribution is -0.141. The Morgan fingerprint density at radius 3 is 2.36 bits per heavy atom. The summed E-state index contributed by atoms with van der Waals surface area (Å²) in [6.07, 6.45) is 5.45. The molecule has 1 saturated carbocycles. The summed E-state index contributed by atoms with van der Waals surface area (Å²) in [5.41, 5.74) is 1.93. The van der Waals surface area contributed by atoms with Crippen LogP contribution < -0.4 is 5.32 Å². The van der Waals surface area contributed by atoms with Crippen molar-refractivity contribution in [3.8, 4) is 0 Å². The SMILES string of the molecule is CC[C@@H](C(=O)NC1CCCCC1)N(Cc1ccc(C)cc1)C(=O)CN1C(=O)c2ccccc2S1(=O)=O. The van der Waals surface area contributed by atoms with Gasteiger partial charge in [-0.15, -0.1) is 0 Å². The van der Waals surface area contributed by atoms with E-state index in [9.17, 15) is 22.8 Å². The number of benzene rings is 2. The maximum atomic E-state index is 13.6. The van der Waals surface area contributed by atoms with Gasteiger partial charge < -0.3 is 10.2 Å². The van der Waals surface area contributed by atoms with Crippen molar-refractivity contribution in [2.24, 2.45) is 0 Å². The first-order chi connectivity index (χ1) is 17.2. The highest BCUT2D eigenvalue weighted by atomic mass is 32.2. The van der Waals surface area contributed by atoms with Crippen molar-refractivity contribution in [3.63, 3.8) is 0 Å². The first kappa shape index (κ1) is 25.9. The molecule has 0 saturated heterocycles. The van der Waals surface area contributed by atoms with Gasteiger partial charge in [-0.1, -0.05) is 68.1 Å². The van der Waals surface area contributed by atoms with Gasteiger partial charge in [-0.05, 0) is 43.9 Å². The lowest BCUT2D eigenvalue weighted by atomic mass is 9.95. The predicted molar refractivity (Wildman–Crippen MR) is 135 cm³/mol. The first-order valence-electron chi connectivity index (χ1n) is 12.5. The molecule has 8 nitrogen and oxygen atoms in total. The second-order valence-electron chi connectivity index (χ2n) is 9.59. The zero-order valence-corrected chi connectivity index (χ0v) is 21.6. The summed E-state index contributed by atoms with van der Waals surface area (Å²) in [5.74, 6) is -1.57. The Balaban J connectivity index is 1.60. The van der Waals surface area contributed by atoms with E-state index in [1.807, 2.05) is 38.1 Å². The summed E-state index contributed by atoms with van der Waals surface area (Å²) in [5, 5.41) is 3.10. The van der Waals surface area contributed by atoms with Gasteiger partial charge in [-0.25, -0.2) is 12.7 Å². The number of carbonyl (C=O) groups is 3. The third kappa shape index (κ3) is 5.31. The molecule has 0 unspecified atom stereocenters. The molecule has 1 fully saturated rings. The Kier molecular flexibility index (Phi) is 7.78. The minimum absolute atomic E-state index is 0.0532. The van der Waals surface area contributed by atoms with E-state index in [0.29, 0.717) is 10.7 Å². The van der Waals surface area contributed by atoms with Crippen LogP contribution in [-0.2, 0) is 26.2 Å². The van der Waals surface area contributed by atoms with E-state index in [1.165, 1.54) is 17.0 Å². The summed E-state index contributed by atoms with van der Waals surface area (Å²) in [4.78, 5) is 41.2. The molecular weight excluding hydrogens is 478 g/mol. The van der Waals surface area contributed by atoms with E-state index in [2.05, 4.69) is 5.32 Å². The van der Waals surface area contributed by atoms with E-state index in [0.717, 1.165) is 43.2 Å². The van der Waals surface area contributed by atoms with Gasteiger partial charge in [-0.2, -0.15) is 0 Å². The van der Waals surface area contributed by atoms with Crippen LogP contribution in [0.5, 0.6) is 0 Å². The van der Waals surface area contributed by atoms with Gasteiger partial charge in [-0.3, -0.25) is 14.4 Å². The number of sulfonamides is 1. The summed E-state index contributed by atoms with van der Waals surface area (Å²) >= 11 is 0. The van der Waals surface area contributed by atoms with Crippen LogP contribution in [0.25, 0.3) is 0 Å². The summed E-state index contributed by atoms with van der Waals surface area (Å²) in [6.45, 7) is 3.26. The van der Waals surface area contributed by atoms with Crippen LogP contribution in [0.4, 0.5) is 0 Å². The maximum Gasteiger partial charge on any atom is 0.269 e. The zero-order chi connectivity index (χ0) is 25.9. The standard InChI is InChI=1S/C27H33N3O5S/c1-3-23(26(32)28-21-9-5-4-6-10-21)29(17-20-15-13-19(2)14-16-20)25(31)18-30-27(33)22-11-7-8-12-24(22)36(30,34)35/h7-8,11-16,21,23H,3-6,9-10,17-18H2,1-2H3,(H,28,32)/t23-/m0/s1. The fourth-order valence-electron chi connectivity index (χ4n) is 4.95. The molecule has 0 radical (unpaired) electrons. The van der Waals surface area contributed by atoms with Crippen molar-refractivity contribution in [1.82, 2.24) is 14.5 Å². The number of nitrogens with zero attached hydrogens (tertiary/aromatic N) is 2. The third-order valence-corrected chi connectivity index (χ3v) is 8.79. The molecule has 1 N–H and O–H groups in total. The number of carbonyl (C=O) groups excluding carboxylic acids is 3. The summed E-state index contributed by atoms with van der Waals surface area (Å²) in [7, 11) is -4.14. The Hall–Kier alpha value is -3.20. The molecule has 0 spiro atoms. The van der Waals surface area contributed by atoms with E-state index < -0.39 is 34.4 Å². The molecule has 2 aromatic rings. The van der Waals surface area contributed by atoms with E-state index in [4.69, 9.17) is 0 Å². The van der Waals surface area contributed by atoms with Crippen molar-refractivity contribution < 1.29 is 22.8 Å². The van der Waals surface area contributed by atoms with E-state index in [-0.39, 0.29) is 29.0 Å². The molecule has 1 aliphatic carbocycles. The van der Waals surface area contributed by atoms with Gasteiger partial charge >= 0.3 is 0 Å². The lowest BCUT2D eigenvalue weighted by Gasteiger charge is -2.33. The van der Waals surface area contributed by atoms with Crippen molar-refractivity contribution in [2.75, 3.05) is 6.54 Å². The number of amides is 3. The van der Waals surface area contributed by atoms with Crippen LogP contribution in [-0.4, -0.2) is 54.0 Å². The van der Waals surface area contributed by atoms with Crippen molar-refractivity contribution in [2.45, 2.75) is 75.9 Å². The van der Waals surface area contributed by atoms with Crippen molar-refractivity contribution in [3.05, 3.63) is 65.2 Å². The second-order valence-corrected chi connectivity index (χ2v) is 11.4. The van der Waals surface area contributed by atoms with Crippen LogP contribution >= 0.6 is 0 Å². The molecule has 3 amide bonds. The van der Waals surface area contributed by atoms with Gasteiger partial charge in [0.1, 0.15) is 17.5 Å². The lowest BCUT2D eigenvalue weighted by Crippen LogP contribution is -2.53. The highest BCUT2D eigenvalue weighted by molar-refractivity contribution is 7.90. The largest absolute Gasteiger partial charge is 0.352 e. The fraction of sp³-hybridized carbons (Fsp3) is 0.444. The summed E-state index contributed by atoms with van der Waals surface area (Å²) < 4.78 is 26.7. The van der Waals surface area contributed by atoms with Crippen LogP contribution in [0.15, 0.2) is 53.4 Å². The molecule has 1 aliphatic heterocycles. The Morgan fingerprint density at radius 1 is 1.06 bits per heavy atom. The Bertz CT molecular complexity index is 1240. The minimum Gasteiger partial charge on any atom is -0.352 e. The van der Waals surface area contributed by atoms with E-state index in [1.54, 1.807) is 12.1 Å². The predicted octanol–water partition coefficient (Wildman–Crippen LogP) is 3.40. The van der Waals surface area contributed by atoms with Gasteiger partial charge in [0.05, 0.1) is 5.56 Å². The quantitative estimate of drug-likeness (QED) is 0.585. The molecule has 1 atom stereocenters. The molecule has 2 aromatic carbocycles. The fourth-order valence-corrected chi connectivity index (χ4v) is 6.47. The van der Waals surface area contributed by atoms with Crippen LogP contribution in [0.2, 0.25) is 0 Å². The normalized spacial score (nSPS) is 17.9. The first-order valence-corrected chi connectivity index (χ1v) is 14.0. The average Bonchev–Trinajstić information content (AvgIpc) is 3.06. The molecule has 192 valence electrons. The zero-order valence-electron chi connectivity index (χ0n) is 20.8. The third-order valence-electron chi connectivity index (χ3n) is 7.00. The topological polar surface area (TPSA) is 104 Å². The number of fused-ring (bicyclic) bond motifs is 1. The molecule has 9 heteroatoms. The number of hydrogen-bond donors (Lipinski definition) is 1. The number of aryl methyl sites for hydroxylation is 1. The highest BCUT2D eigenvalue weighted by Crippen LogP contribution is 2.30. The highest BCUT2D eigenvalue weighted by Gasteiger charge is 2.43.